The molecule has 1 atom stereocenters. The van der Waals surface area contributed by atoms with Gasteiger partial charge in [0.2, 0.25) is 0 Å². The Morgan fingerprint density at radius 1 is 1.17 bits per heavy atom. The molecule has 29 heavy (non-hydrogen) atoms. The zero-order chi connectivity index (χ0) is 20.8. The van der Waals surface area contributed by atoms with E-state index in [1.807, 2.05) is 0 Å². The van der Waals surface area contributed by atoms with E-state index in [0.717, 1.165) is 5.69 Å². The number of halogens is 1. The van der Waals surface area contributed by atoms with Crippen LogP contribution in [0.5, 0.6) is 5.75 Å². The van der Waals surface area contributed by atoms with E-state index in [1.54, 1.807) is 58.3 Å². The number of ether oxygens (including phenoxy) is 1. The van der Waals surface area contributed by atoms with Crippen LogP contribution >= 0.6 is 11.6 Å². The zero-order valence-electron chi connectivity index (χ0n) is 16.0. The topological polar surface area (TPSA) is 94.1 Å². The molecule has 154 valence electrons. The minimum absolute atomic E-state index is 0.0486. The van der Waals surface area contributed by atoms with E-state index in [9.17, 15) is 14.7 Å². The SMILES string of the molecule is CNC(=O)Nc1ccc(OC[C@@H](O)CN2CCN(c3ccc(Cl)cc3)C2=O)cc1. The summed E-state index contributed by atoms with van der Waals surface area (Å²) in [6.07, 6.45) is -0.826. The smallest absolute Gasteiger partial charge is 0.324 e. The molecule has 0 radical (unpaired) electrons. The van der Waals surface area contributed by atoms with Gasteiger partial charge in [-0.15, -0.1) is 0 Å². The molecule has 2 aromatic rings. The van der Waals surface area contributed by atoms with Gasteiger partial charge in [-0.2, -0.15) is 0 Å². The molecule has 0 aromatic heterocycles. The fraction of sp³-hybridized carbons (Fsp3) is 0.300. The van der Waals surface area contributed by atoms with Crippen LogP contribution in [0.2, 0.25) is 5.02 Å². The van der Waals surface area contributed by atoms with Gasteiger partial charge in [0.25, 0.3) is 0 Å². The van der Waals surface area contributed by atoms with Gasteiger partial charge in [-0.05, 0) is 48.5 Å². The molecule has 8 nitrogen and oxygen atoms in total. The average Bonchev–Trinajstić information content (AvgIpc) is 3.08. The summed E-state index contributed by atoms with van der Waals surface area (Å²) in [6, 6.07) is 13.4. The van der Waals surface area contributed by atoms with E-state index < -0.39 is 6.10 Å². The van der Waals surface area contributed by atoms with Gasteiger partial charge in [0.1, 0.15) is 18.5 Å². The number of urea groups is 2. The summed E-state index contributed by atoms with van der Waals surface area (Å²) in [6.45, 7) is 1.30. The second-order valence-electron chi connectivity index (χ2n) is 6.55. The normalized spacial score (nSPS) is 14.7. The summed E-state index contributed by atoms with van der Waals surface area (Å²) in [5, 5.41) is 16.0. The lowest BCUT2D eigenvalue weighted by Crippen LogP contribution is -2.39. The van der Waals surface area contributed by atoms with Crippen molar-refractivity contribution in [2.45, 2.75) is 6.10 Å². The molecule has 4 amide bonds. The van der Waals surface area contributed by atoms with Gasteiger partial charge in [0, 0.05) is 36.5 Å². The number of amides is 4. The first kappa shape index (κ1) is 20.8. The molecule has 0 bridgehead atoms. The van der Waals surface area contributed by atoms with Gasteiger partial charge in [-0.1, -0.05) is 11.6 Å². The first-order valence-corrected chi connectivity index (χ1v) is 9.55. The van der Waals surface area contributed by atoms with Crippen molar-refractivity contribution in [3.63, 3.8) is 0 Å². The number of carbonyl (C=O) groups excluding carboxylic acids is 2. The summed E-state index contributed by atoms with van der Waals surface area (Å²) in [4.78, 5) is 27.1. The Bertz CT molecular complexity index is 845. The molecule has 1 saturated heterocycles. The van der Waals surface area contributed by atoms with Crippen molar-refractivity contribution in [2.24, 2.45) is 0 Å². The van der Waals surface area contributed by atoms with Crippen molar-refractivity contribution in [1.29, 1.82) is 0 Å². The summed E-state index contributed by atoms with van der Waals surface area (Å²) in [7, 11) is 1.54. The van der Waals surface area contributed by atoms with Gasteiger partial charge in [-0.3, -0.25) is 4.90 Å². The van der Waals surface area contributed by atoms with Crippen LogP contribution in [0.15, 0.2) is 48.5 Å². The van der Waals surface area contributed by atoms with E-state index in [0.29, 0.717) is 29.5 Å². The minimum atomic E-state index is -0.826. The minimum Gasteiger partial charge on any atom is -0.491 e. The average molecular weight is 419 g/mol. The van der Waals surface area contributed by atoms with Crippen molar-refractivity contribution in [3.05, 3.63) is 53.6 Å². The highest BCUT2D eigenvalue weighted by Crippen LogP contribution is 2.22. The molecular weight excluding hydrogens is 396 g/mol. The molecule has 1 fully saturated rings. The monoisotopic (exact) mass is 418 g/mol. The predicted molar refractivity (Wildman–Crippen MR) is 112 cm³/mol. The number of anilines is 2. The van der Waals surface area contributed by atoms with Crippen LogP contribution in [-0.4, -0.2) is 61.5 Å². The highest BCUT2D eigenvalue weighted by molar-refractivity contribution is 6.30. The fourth-order valence-electron chi connectivity index (χ4n) is 2.94. The van der Waals surface area contributed by atoms with Crippen molar-refractivity contribution in [1.82, 2.24) is 10.2 Å². The maximum atomic E-state index is 12.6. The molecule has 2 aromatic carbocycles. The maximum Gasteiger partial charge on any atom is 0.324 e. The fourth-order valence-corrected chi connectivity index (χ4v) is 3.07. The van der Waals surface area contributed by atoms with Crippen LogP contribution in [-0.2, 0) is 0 Å². The standard InChI is InChI=1S/C20H23ClN4O4/c1-22-19(27)23-15-4-8-18(9-5-15)29-13-17(26)12-24-10-11-25(20(24)28)16-6-2-14(21)3-7-16/h2-9,17,26H,10-13H2,1H3,(H2,22,23,27)/t17-/m0/s1. The summed E-state index contributed by atoms with van der Waals surface area (Å²) >= 11 is 5.89. The number of aliphatic hydroxyl groups is 1. The third-order valence-electron chi connectivity index (χ3n) is 4.45. The van der Waals surface area contributed by atoms with Crippen molar-refractivity contribution < 1.29 is 19.4 Å². The van der Waals surface area contributed by atoms with E-state index in [1.165, 1.54) is 7.05 Å². The molecule has 0 saturated carbocycles. The van der Waals surface area contributed by atoms with E-state index in [4.69, 9.17) is 16.3 Å². The Morgan fingerprint density at radius 2 is 1.86 bits per heavy atom. The second kappa shape index (κ2) is 9.49. The number of hydrogen-bond donors (Lipinski definition) is 3. The molecule has 0 unspecified atom stereocenters. The molecule has 1 aliphatic heterocycles. The molecule has 0 aliphatic carbocycles. The Labute approximate surface area is 174 Å². The Hall–Kier alpha value is -2.97. The van der Waals surface area contributed by atoms with Gasteiger partial charge >= 0.3 is 12.1 Å². The van der Waals surface area contributed by atoms with Crippen LogP contribution in [0.25, 0.3) is 0 Å². The number of nitrogens with one attached hydrogen (secondary N) is 2. The van der Waals surface area contributed by atoms with E-state index in [-0.39, 0.29) is 25.2 Å². The van der Waals surface area contributed by atoms with E-state index >= 15 is 0 Å². The van der Waals surface area contributed by atoms with Crippen LogP contribution in [0.1, 0.15) is 0 Å². The molecular formula is C20H23ClN4O4. The summed E-state index contributed by atoms with van der Waals surface area (Å²) in [5.74, 6) is 0.557. The van der Waals surface area contributed by atoms with Crippen LogP contribution in [0.3, 0.4) is 0 Å². The molecule has 3 rings (SSSR count). The third-order valence-corrected chi connectivity index (χ3v) is 4.70. The lowest BCUT2D eigenvalue weighted by atomic mass is 10.3. The third kappa shape index (κ3) is 5.52. The van der Waals surface area contributed by atoms with Gasteiger partial charge < -0.3 is 25.4 Å². The van der Waals surface area contributed by atoms with Crippen molar-refractivity contribution in [3.8, 4) is 5.75 Å². The van der Waals surface area contributed by atoms with Gasteiger partial charge in [0.15, 0.2) is 0 Å². The predicted octanol–water partition coefficient (Wildman–Crippen LogP) is 2.77. The molecule has 9 heteroatoms. The number of carbonyl (C=O) groups is 2. The highest BCUT2D eigenvalue weighted by Gasteiger charge is 2.30. The molecule has 0 spiro atoms. The highest BCUT2D eigenvalue weighted by atomic mass is 35.5. The van der Waals surface area contributed by atoms with Crippen LogP contribution in [0.4, 0.5) is 21.0 Å². The maximum absolute atomic E-state index is 12.6. The first-order valence-electron chi connectivity index (χ1n) is 9.18. The number of rotatable bonds is 7. The number of hydrogen-bond acceptors (Lipinski definition) is 4. The number of aliphatic hydroxyl groups excluding tert-OH is 1. The molecule has 3 N–H and O–H groups in total. The number of benzene rings is 2. The Kier molecular flexibility index (Phi) is 6.79. The second-order valence-corrected chi connectivity index (χ2v) is 6.99. The van der Waals surface area contributed by atoms with Crippen molar-refractivity contribution >= 4 is 35.0 Å². The van der Waals surface area contributed by atoms with E-state index in [2.05, 4.69) is 10.6 Å². The zero-order valence-corrected chi connectivity index (χ0v) is 16.7. The summed E-state index contributed by atoms with van der Waals surface area (Å²) in [5.41, 5.74) is 1.40. The van der Waals surface area contributed by atoms with Crippen molar-refractivity contribution in [2.75, 3.05) is 43.5 Å². The Balaban J connectivity index is 1.47. The quantitative estimate of drug-likeness (QED) is 0.644. The largest absolute Gasteiger partial charge is 0.491 e. The molecule has 1 heterocycles. The lowest BCUT2D eigenvalue weighted by Gasteiger charge is -2.21. The number of β-amino-alcohol motifs (C(OH)–C–C–N with tert-alkyl or cyclic N) is 1. The lowest BCUT2D eigenvalue weighted by molar-refractivity contribution is 0.0829. The van der Waals surface area contributed by atoms with Crippen LogP contribution in [0, 0.1) is 0 Å². The molecule has 1 aliphatic rings. The summed E-state index contributed by atoms with van der Waals surface area (Å²) < 4.78 is 5.58. The van der Waals surface area contributed by atoms with Crippen LogP contribution < -0.4 is 20.3 Å². The Morgan fingerprint density at radius 3 is 2.52 bits per heavy atom. The number of nitrogens with zero attached hydrogens (tertiary/aromatic N) is 2. The van der Waals surface area contributed by atoms with Gasteiger partial charge in [-0.25, -0.2) is 9.59 Å². The first-order chi connectivity index (χ1) is 14.0. The van der Waals surface area contributed by atoms with Gasteiger partial charge in [0.05, 0.1) is 6.54 Å².